The third kappa shape index (κ3) is 2.88. The molecule has 0 saturated heterocycles. The van der Waals surface area contributed by atoms with Crippen LogP contribution in [0.3, 0.4) is 0 Å². The Labute approximate surface area is 118 Å². The van der Waals surface area contributed by atoms with Crippen LogP contribution in [-0.4, -0.2) is 45.9 Å². The van der Waals surface area contributed by atoms with E-state index in [2.05, 4.69) is 5.10 Å². The molecule has 0 unspecified atom stereocenters. The van der Waals surface area contributed by atoms with Crippen molar-refractivity contribution in [3.63, 3.8) is 0 Å². The molecule has 5 nitrogen and oxygen atoms in total. The minimum Gasteiger partial charge on any atom is -0.395 e. The number of nitrogens with zero attached hydrogens (tertiary/aromatic N) is 3. The maximum Gasteiger partial charge on any atom is 0.274 e. The molecule has 0 atom stereocenters. The molecule has 106 valence electrons. The van der Waals surface area contributed by atoms with Crippen LogP contribution in [0.2, 0.25) is 0 Å². The first kappa shape index (κ1) is 14.3. The van der Waals surface area contributed by atoms with Crippen molar-refractivity contribution in [2.24, 2.45) is 0 Å². The largest absolute Gasteiger partial charge is 0.395 e. The fourth-order valence-electron chi connectivity index (χ4n) is 1.97. The number of likely N-dealkylation sites (N-methyl/N-ethyl adjacent to an activating group) is 1. The van der Waals surface area contributed by atoms with Crippen LogP contribution in [0.15, 0.2) is 30.3 Å². The SMILES string of the molecule is Cc1ccc(-n2nc(C(=O)N(C)CCO)cc2C)cc1. The van der Waals surface area contributed by atoms with Gasteiger partial charge in [-0.05, 0) is 32.0 Å². The highest BCUT2D eigenvalue weighted by molar-refractivity contribution is 5.92. The summed E-state index contributed by atoms with van der Waals surface area (Å²) in [7, 11) is 1.65. The zero-order chi connectivity index (χ0) is 14.7. The van der Waals surface area contributed by atoms with E-state index in [-0.39, 0.29) is 12.5 Å². The van der Waals surface area contributed by atoms with E-state index in [0.717, 1.165) is 11.4 Å². The molecular formula is C15H19N3O2. The highest BCUT2D eigenvalue weighted by Crippen LogP contribution is 2.14. The predicted octanol–water partition coefficient (Wildman–Crippen LogP) is 1.55. The van der Waals surface area contributed by atoms with E-state index >= 15 is 0 Å². The summed E-state index contributed by atoms with van der Waals surface area (Å²) in [5, 5.41) is 13.2. The first-order chi connectivity index (χ1) is 9.52. The molecule has 2 aromatic rings. The molecule has 1 amide bonds. The van der Waals surface area contributed by atoms with E-state index in [0.29, 0.717) is 12.2 Å². The Hall–Kier alpha value is -2.14. The lowest BCUT2D eigenvalue weighted by Crippen LogP contribution is -2.29. The lowest BCUT2D eigenvalue weighted by Gasteiger charge is -2.13. The van der Waals surface area contributed by atoms with Crippen LogP contribution in [0.1, 0.15) is 21.7 Å². The number of hydrogen-bond acceptors (Lipinski definition) is 3. The van der Waals surface area contributed by atoms with Gasteiger partial charge in [0.05, 0.1) is 12.3 Å². The molecule has 20 heavy (non-hydrogen) atoms. The molecule has 0 radical (unpaired) electrons. The van der Waals surface area contributed by atoms with Crippen LogP contribution >= 0.6 is 0 Å². The average Bonchev–Trinajstić information content (AvgIpc) is 2.81. The lowest BCUT2D eigenvalue weighted by molar-refractivity contribution is 0.0760. The molecule has 0 aliphatic heterocycles. The van der Waals surface area contributed by atoms with Crippen LogP contribution in [0.4, 0.5) is 0 Å². The average molecular weight is 273 g/mol. The number of carbonyl (C=O) groups is 1. The summed E-state index contributed by atoms with van der Waals surface area (Å²) in [6.07, 6.45) is 0. The Morgan fingerprint density at radius 2 is 1.95 bits per heavy atom. The van der Waals surface area contributed by atoms with Crippen molar-refractivity contribution < 1.29 is 9.90 Å². The van der Waals surface area contributed by atoms with Crippen LogP contribution in [-0.2, 0) is 0 Å². The molecule has 1 N–H and O–H groups in total. The Bertz CT molecular complexity index is 602. The summed E-state index contributed by atoms with van der Waals surface area (Å²) in [6, 6.07) is 9.73. The van der Waals surface area contributed by atoms with Crippen molar-refractivity contribution >= 4 is 5.91 Å². The number of aliphatic hydroxyl groups excluding tert-OH is 1. The van der Waals surface area contributed by atoms with Crippen LogP contribution in [0.25, 0.3) is 5.69 Å². The predicted molar refractivity (Wildman–Crippen MR) is 77.1 cm³/mol. The third-order valence-corrected chi connectivity index (χ3v) is 3.17. The maximum absolute atomic E-state index is 12.1. The first-order valence-electron chi connectivity index (χ1n) is 6.53. The zero-order valence-corrected chi connectivity index (χ0v) is 12.0. The minimum absolute atomic E-state index is 0.0557. The topological polar surface area (TPSA) is 58.4 Å². The van der Waals surface area contributed by atoms with Crippen LogP contribution in [0.5, 0.6) is 0 Å². The summed E-state index contributed by atoms with van der Waals surface area (Å²) in [6.45, 7) is 4.18. The molecule has 0 aliphatic rings. The van der Waals surface area contributed by atoms with Gasteiger partial charge in [-0.1, -0.05) is 17.7 Å². The molecule has 0 saturated carbocycles. The van der Waals surface area contributed by atoms with Crippen LogP contribution < -0.4 is 0 Å². The lowest BCUT2D eigenvalue weighted by atomic mass is 10.2. The van der Waals surface area contributed by atoms with Gasteiger partial charge in [0.2, 0.25) is 0 Å². The van der Waals surface area contributed by atoms with E-state index < -0.39 is 0 Å². The third-order valence-electron chi connectivity index (χ3n) is 3.17. The molecule has 1 aromatic carbocycles. The summed E-state index contributed by atoms with van der Waals surface area (Å²) >= 11 is 0. The van der Waals surface area contributed by atoms with Gasteiger partial charge in [0, 0.05) is 19.3 Å². The zero-order valence-electron chi connectivity index (χ0n) is 12.0. The monoisotopic (exact) mass is 273 g/mol. The second-order valence-electron chi connectivity index (χ2n) is 4.87. The highest BCUT2D eigenvalue weighted by Gasteiger charge is 2.16. The molecule has 5 heteroatoms. The van der Waals surface area contributed by atoms with Gasteiger partial charge in [-0.15, -0.1) is 0 Å². The summed E-state index contributed by atoms with van der Waals surface area (Å²) in [5.41, 5.74) is 3.39. The fourth-order valence-corrected chi connectivity index (χ4v) is 1.97. The number of aromatic nitrogens is 2. The van der Waals surface area contributed by atoms with Gasteiger partial charge in [0.1, 0.15) is 0 Å². The number of aryl methyl sites for hydroxylation is 2. The normalized spacial score (nSPS) is 10.6. The standard InChI is InChI=1S/C15H19N3O2/c1-11-4-6-13(7-5-11)18-12(2)10-14(16-18)15(20)17(3)8-9-19/h4-7,10,19H,8-9H2,1-3H3. The number of rotatable bonds is 4. The second-order valence-corrected chi connectivity index (χ2v) is 4.87. The number of hydrogen-bond donors (Lipinski definition) is 1. The molecule has 0 fully saturated rings. The van der Waals surface area contributed by atoms with E-state index in [1.54, 1.807) is 17.8 Å². The van der Waals surface area contributed by atoms with E-state index in [4.69, 9.17) is 5.11 Å². The van der Waals surface area contributed by atoms with Crippen molar-refractivity contribution in [1.82, 2.24) is 14.7 Å². The smallest absolute Gasteiger partial charge is 0.274 e. The first-order valence-corrected chi connectivity index (χ1v) is 6.53. The van der Waals surface area contributed by atoms with Crippen molar-refractivity contribution in [2.75, 3.05) is 20.2 Å². The number of benzene rings is 1. The number of carbonyl (C=O) groups excluding carboxylic acids is 1. The highest BCUT2D eigenvalue weighted by atomic mass is 16.3. The van der Waals surface area contributed by atoms with E-state index in [1.807, 2.05) is 38.1 Å². The molecular weight excluding hydrogens is 254 g/mol. The molecule has 0 aliphatic carbocycles. The fraction of sp³-hybridized carbons (Fsp3) is 0.333. The van der Waals surface area contributed by atoms with E-state index in [1.165, 1.54) is 10.5 Å². The number of amides is 1. The maximum atomic E-state index is 12.1. The Morgan fingerprint density at radius 3 is 2.55 bits per heavy atom. The Balaban J connectivity index is 2.30. The molecule has 0 spiro atoms. The van der Waals surface area contributed by atoms with Gasteiger partial charge < -0.3 is 10.0 Å². The van der Waals surface area contributed by atoms with Crippen molar-refractivity contribution in [1.29, 1.82) is 0 Å². The van der Waals surface area contributed by atoms with Crippen LogP contribution in [0, 0.1) is 13.8 Å². The van der Waals surface area contributed by atoms with Gasteiger partial charge in [0.15, 0.2) is 5.69 Å². The molecule has 2 rings (SSSR count). The second kappa shape index (κ2) is 5.88. The quantitative estimate of drug-likeness (QED) is 0.919. The van der Waals surface area contributed by atoms with Gasteiger partial charge >= 0.3 is 0 Å². The molecule has 0 bridgehead atoms. The van der Waals surface area contributed by atoms with Crippen molar-refractivity contribution in [2.45, 2.75) is 13.8 Å². The Morgan fingerprint density at radius 1 is 1.30 bits per heavy atom. The van der Waals surface area contributed by atoms with Gasteiger partial charge in [-0.2, -0.15) is 5.10 Å². The van der Waals surface area contributed by atoms with Gasteiger partial charge in [0.25, 0.3) is 5.91 Å². The van der Waals surface area contributed by atoms with Crippen molar-refractivity contribution in [3.05, 3.63) is 47.3 Å². The van der Waals surface area contributed by atoms with Crippen molar-refractivity contribution in [3.8, 4) is 5.69 Å². The molecule has 1 aromatic heterocycles. The van der Waals surface area contributed by atoms with Gasteiger partial charge in [-0.25, -0.2) is 4.68 Å². The van der Waals surface area contributed by atoms with Gasteiger partial charge in [-0.3, -0.25) is 4.79 Å². The van der Waals surface area contributed by atoms with E-state index in [9.17, 15) is 4.79 Å². The summed E-state index contributed by atoms with van der Waals surface area (Å²) in [4.78, 5) is 13.6. The number of aliphatic hydroxyl groups is 1. The Kier molecular flexibility index (Phi) is 4.20. The summed E-state index contributed by atoms with van der Waals surface area (Å²) in [5.74, 6) is -0.187. The molecule has 1 heterocycles. The summed E-state index contributed by atoms with van der Waals surface area (Å²) < 4.78 is 1.75. The minimum atomic E-state index is -0.187.